The van der Waals surface area contributed by atoms with Crippen LogP contribution in [0.1, 0.15) is 209 Å². The Morgan fingerprint density at radius 3 is 1.45 bits per heavy atom. The van der Waals surface area contributed by atoms with Gasteiger partial charge < -0.3 is 14.7 Å². The second-order valence-corrected chi connectivity index (χ2v) is 33.9. The fraction of sp³-hybridized carbons (Fsp3) is 0.400. The average molecular weight is 1140 g/mol. The minimum atomic E-state index is -0.180. The molecule has 85 heavy (non-hydrogen) atoms. The number of hydrogen-bond acceptors (Lipinski definition) is 4. The number of hydrogen-bond donors (Lipinski definition) is 0. The smallest absolute Gasteiger partial charge is 0.252 e. The fourth-order valence-corrected chi connectivity index (χ4v) is 16.6. The highest BCUT2D eigenvalue weighted by atomic mass is 32.1. The molecule has 0 saturated heterocycles. The maximum absolute atomic E-state index is 2.75. The van der Waals surface area contributed by atoms with Gasteiger partial charge in [0.05, 0.1) is 5.69 Å². The molecule has 3 heterocycles. The molecule has 0 fully saturated rings. The molecule has 0 bridgehead atoms. The molecule has 3 nitrogen and oxygen atoms in total. The van der Waals surface area contributed by atoms with Crippen molar-refractivity contribution in [3.05, 3.63) is 190 Å². The summed E-state index contributed by atoms with van der Waals surface area (Å²) in [5.41, 5.74) is 26.4. The summed E-state index contributed by atoms with van der Waals surface area (Å²) in [6.45, 7) is 48.1. The summed E-state index contributed by atoms with van der Waals surface area (Å²) in [5, 5.41) is 2.64. The van der Waals surface area contributed by atoms with Gasteiger partial charge in [-0.3, -0.25) is 0 Å². The van der Waals surface area contributed by atoms with Crippen molar-refractivity contribution in [2.75, 3.05) is 14.7 Å². The fourth-order valence-electron chi connectivity index (χ4n) is 15.1. The Kier molecular flexibility index (Phi) is 12.8. The highest BCUT2D eigenvalue weighted by molar-refractivity contribution is 7.26. The lowest BCUT2D eigenvalue weighted by molar-refractivity contribution is 0.332. The Balaban J connectivity index is 1.17. The number of nitrogens with zero attached hydrogens (tertiary/aromatic N) is 3. The minimum Gasteiger partial charge on any atom is -0.311 e. The molecule has 9 aromatic rings. The third-order valence-corrected chi connectivity index (χ3v) is 22.0. The number of thiophene rings is 1. The van der Waals surface area contributed by atoms with Crippen LogP contribution in [0.25, 0.3) is 20.2 Å². The van der Waals surface area contributed by atoms with E-state index >= 15 is 0 Å². The van der Waals surface area contributed by atoms with Crippen molar-refractivity contribution in [3.8, 4) is 0 Å². The van der Waals surface area contributed by atoms with Crippen molar-refractivity contribution in [2.24, 2.45) is 0 Å². The second-order valence-electron chi connectivity index (χ2n) is 32.9. The Labute approximate surface area is 515 Å². The van der Waals surface area contributed by atoms with Gasteiger partial charge >= 0.3 is 0 Å². The highest BCUT2D eigenvalue weighted by Gasteiger charge is 2.48. The predicted molar refractivity (Wildman–Crippen MR) is 373 cm³/mol. The van der Waals surface area contributed by atoms with Crippen LogP contribution in [-0.2, 0) is 43.3 Å². The zero-order valence-electron chi connectivity index (χ0n) is 55.0. The molecule has 8 aromatic carbocycles. The van der Waals surface area contributed by atoms with Gasteiger partial charge in [0.15, 0.2) is 0 Å². The summed E-state index contributed by atoms with van der Waals surface area (Å²) >= 11 is 1.96. The monoisotopic (exact) mass is 1140 g/mol. The van der Waals surface area contributed by atoms with Crippen molar-refractivity contribution >= 4 is 106 Å². The Morgan fingerprint density at radius 1 is 0.400 bits per heavy atom. The zero-order valence-corrected chi connectivity index (χ0v) is 55.8. The van der Waals surface area contributed by atoms with E-state index in [1.807, 2.05) is 11.3 Å². The number of rotatable bonds is 5. The van der Waals surface area contributed by atoms with Gasteiger partial charge in [0.1, 0.15) is 0 Å². The minimum absolute atomic E-state index is 0.00468. The molecule has 436 valence electrons. The summed E-state index contributed by atoms with van der Waals surface area (Å²) < 4.78 is 2.69. The summed E-state index contributed by atoms with van der Waals surface area (Å²) in [6, 6.07) is 58.7. The first-order chi connectivity index (χ1) is 39.6. The Hall–Kier alpha value is -6.56. The summed E-state index contributed by atoms with van der Waals surface area (Å²) in [7, 11) is 0. The third-order valence-electron chi connectivity index (χ3n) is 20.8. The molecular formula is C80H92BN3S. The largest absolute Gasteiger partial charge is 0.311 e. The molecule has 5 heteroatoms. The number of anilines is 9. The van der Waals surface area contributed by atoms with Gasteiger partial charge in [-0.25, -0.2) is 0 Å². The molecule has 13 rings (SSSR count). The average Bonchev–Trinajstić information content (AvgIpc) is 1.19. The van der Waals surface area contributed by atoms with Crippen LogP contribution in [-0.4, -0.2) is 6.71 Å². The van der Waals surface area contributed by atoms with Gasteiger partial charge in [-0.15, -0.1) is 11.3 Å². The van der Waals surface area contributed by atoms with Gasteiger partial charge in [0, 0.05) is 65.7 Å². The van der Waals surface area contributed by atoms with Gasteiger partial charge in [-0.2, -0.15) is 0 Å². The molecule has 1 aromatic heterocycles. The van der Waals surface area contributed by atoms with E-state index in [0.29, 0.717) is 0 Å². The van der Waals surface area contributed by atoms with Gasteiger partial charge in [-0.1, -0.05) is 205 Å². The standard InChI is InChI=1S/C80H92BN3S/c1-73(2,3)49-25-29-52(30-26-49)82(53-31-27-50(28-32-53)74(4,5)6)55-34-37-62-65(46-55)84(64-38-36-58(76(10,11)12)72-70(64)56-23-21-22-24-69(56)85-72)68-44-51(75(7,8)9)43-67-71(68)81(62)63-47-60-61(80(19,20)42-41-79(60,17)18)48-66(63)83(67)54-33-35-57-59(45-54)78(15,16)40-39-77(57,13)14/h21-38,43-48H,39-42H2,1-20H3. The van der Waals surface area contributed by atoms with Gasteiger partial charge in [0.25, 0.3) is 6.71 Å². The quantitative estimate of drug-likeness (QED) is 0.159. The number of benzene rings is 8. The lowest BCUT2D eigenvalue weighted by Gasteiger charge is -2.48. The summed E-state index contributed by atoms with van der Waals surface area (Å²) in [6.07, 6.45) is 4.65. The van der Waals surface area contributed by atoms with Crippen LogP contribution < -0.4 is 31.1 Å². The van der Waals surface area contributed by atoms with Crippen molar-refractivity contribution in [1.82, 2.24) is 0 Å². The third kappa shape index (κ3) is 9.32. The van der Waals surface area contributed by atoms with E-state index in [2.05, 4.69) is 299 Å². The molecule has 0 N–H and O–H groups in total. The molecule has 2 aliphatic carbocycles. The molecule has 0 saturated carbocycles. The van der Waals surface area contributed by atoms with Crippen LogP contribution in [0.4, 0.5) is 51.2 Å². The van der Waals surface area contributed by atoms with E-state index in [9.17, 15) is 0 Å². The van der Waals surface area contributed by atoms with E-state index in [1.165, 1.54) is 122 Å². The molecule has 4 aliphatic rings. The van der Waals surface area contributed by atoms with Crippen LogP contribution in [0, 0.1) is 0 Å². The van der Waals surface area contributed by atoms with Crippen molar-refractivity contribution in [2.45, 2.75) is 207 Å². The van der Waals surface area contributed by atoms with Crippen LogP contribution in [0.5, 0.6) is 0 Å². The Bertz CT molecular complexity index is 4120. The van der Waals surface area contributed by atoms with Crippen molar-refractivity contribution in [3.63, 3.8) is 0 Å². The molecule has 0 spiro atoms. The van der Waals surface area contributed by atoms with Crippen LogP contribution >= 0.6 is 11.3 Å². The van der Waals surface area contributed by atoms with Crippen LogP contribution in [0.3, 0.4) is 0 Å². The molecule has 0 radical (unpaired) electrons. The van der Waals surface area contributed by atoms with Crippen LogP contribution in [0.15, 0.2) is 146 Å². The molecular weight excluding hydrogens is 1050 g/mol. The second kappa shape index (κ2) is 19.0. The van der Waals surface area contributed by atoms with E-state index in [4.69, 9.17) is 0 Å². The van der Waals surface area contributed by atoms with E-state index in [1.54, 1.807) is 0 Å². The van der Waals surface area contributed by atoms with Gasteiger partial charge in [-0.05, 0) is 209 Å². The molecule has 0 atom stereocenters. The molecule has 2 aliphatic heterocycles. The predicted octanol–water partition coefficient (Wildman–Crippen LogP) is 21.5. The van der Waals surface area contributed by atoms with Gasteiger partial charge in [0.2, 0.25) is 0 Å². The zero-order chi connectivity index (χ0) is 60.7. The molecule has 0 unspecified atom stereocenters. The first kappa shape index (κ1) is 57.5. The lowest BCUT2D eigenvalue weighted by atomic mass is 9.33. The lowest BCUT2D eigenvalue weighted by Crippen LogP contribution is -2.62. The topological polar surface area (TPSA) is 9.72 Å². The van der Waals surface area contributed by atoms with Crippen molar-refractivity contribution in [1.29, 1.82) is 0 Å². The maximum Gasteiger partial charge on any atom is 0.252 e. The Morgan fingerprint density at radius 2 is 0.894 bits per heavy atom. The SMILES string of the molecule is CC(C)(C)c1ccc(N(c2ccc(C(C)(C)C)cc2)c2ccc3c(c2)N(c2ccc(C(C)(C)C)c4sc5ccccc5c24)c2cc(C(C)(C)C)cc4c2B3c2cc3c(cc2N4c2ccc4c(c2)C(C)(C)CCC4(C)C)C(C)(C)CCC3(C)C)cc1. The summed E-state index contributed by atoms with van der Waals surface area (Å²) in [4.78, 5) is 8.00. The van der Waals surface area contributed by atoms with E-state index in [-0.39, 0.29) is 50.0 Å². The van der Waals surface area contributed by atoms with Crippen LogP contribution in [0.2, 0.25) is 0 Å². The summed E-state index contributed by atoms with van der Waals surface area (Å²) in [5.74, 6) is 0. The normalized spacial score (nSPS) is 17.5. The number of fused-ring (bicyclic) bond motifs is 9. The highest BCUT2D eigenvalue weighted by Crippen LogP contribution is 2.56. The maximum atomic E-state index is 2.75. The van der Waals surface area contributed by atoms with E-state index in [0.717, 1.165) is 36.3 Å². The first-order valence-corrected chi connectivity index (χ1v) is 32.7. The van der Waals surface area contributed by atoms with E-state index < -0.39 is 0 Å². The molecule has 0 amide bonds. The van der Waals surface area contributed by atoms with Crippen molar-refractivity contribution < 1.29 is 0 Å². The first-order valence-electron chi connectivity index (χ1n) is 31.9.